The zero-order chi connectivity index (χ0) is 15.3. The fraction of sp³-hybridized carbons (Fsp3) is 1.00. The average molecular weight is 314 g/mol. The van der Waals surface area contributed by atoms with E-state index in [2.05, 4.69) is 42.9 Å². The summed E-state index contributed by atoms with van der Waals surface area (Å²) in [5.41, 5.74) is 0. The minimum atomic E-state index is -3.53. The molecule has 0 amide bonds. The van der Waals surface area contributed by atoms with Crippen molar-refractivity contribution in [1.82, 2.24) is 0 Å². The van der Waals surface area contributed by atoms with Crippen LogP contribution in [-0.2, 0) is 22.6 Å². The van der Waals surface area contributed by atoms with Gasteiger partial charge in [0, 0.05) is 14.2 Å². The first kappa shape index (κ1) is 19.2. The fourth-order valence-electron chi connectivity index (χ4n) is 1.07. The molecule has 1 N–H and O–H groups in total. The Morgan fingerprint density at radius 1 is 1.21 bits per heavy atom. The normalized spacial score (nSPS) is 15.6. The van der Waals surface area contributed by atoms with Crippen LogP contribution in [-0.4, -0.2) is 47.0 Å². The predicted octanol–water partition coefficient (Wildman–Crippen LogP) is 2.79. The molecule has 0 aromatic rings. The Balaban J connectivity index is 4.58. The third-order valence-electron chi connectivity index (χ3n) is 3.34. The van der Waals surface area contributed by atoms with Gasteiger partial charge in [-0.15, -0.1) is 0 Å². The van der Waals surface area contributed by atoms with E-state index in [1.807, 2.05) is 0 Å². The molecule has 0 fully saturated rings. The Labute approximate surface area is 117 Å². The number of hydrogen-bond acceptors (Lipinski definition) is 6. The largest absolute Gasteiger partial charge is 0.474 e. The van der Waals surface area contributed by atoms with Gasteiger partial charge in [-0.1, -0.05) is 20.8 Å². The van der Waals surface area contributed by atoms with E-state index < -0.39 is 22.2 Å². The lowest BCUT2D eigenvalue weighted by Crippen LogP contribution is -2.46. The molecule has 19 heavy (non-hydrogen) atoms. The van der Waals surface area contributed by atoms with Gasteiger partial charge in [0.1, 0.15) is 0 Å². The lowest BCUT2D eigenvalue weighted by molar-refractivity contribution is 0.0431. The van der Waals surface area contributed by atoms with Gasteiger partial charge in [-0.3, -0.25) is 13.6 Å². The van der Waals surface area contributed by atoms with Crippen LogP contribution in [0.3, 0.4) is 0 Å². The van der Waals surface area contributed by atoms with Gasteiger partial charge in [-0.05, 0) is 18.1 Å². The molecule has 0 rings (SSSR count). The summed E-state index contributed by atoms with van der Waals surface area (Å²) in [4.78, 5) is 0. The SMILES string of the molecule is COP(=O)(OC)OC[C@@H](CO)O[Si](C)(C)C(C)(C)C. The van der Waals surface area contributed by atoms with E-state index in [0.717, 1.165) is 0 Å². The van der Waals surface area contributed by atoms with Crippen LogP contribution in [0.2, 0.25) is 18.1 Å². The maximum atomic E-state index is 11.7. The Morgan fingerprint density at radius 2 is 1.68 bits per heavy atom. The second kappa shape index (κ2) is 7.31. The molecule has 0 aliphatic rings. The average Bonchev–Trinajstić information content (AvgIpc) is 2.32. The summed E-state index contributed by atoms with van der Waals surface area (Å²) in [7, 11) is -3.06. The van der Waals surface area contributed by atoms with Gasteiger partial charge in [0.15, 0.2) is 8.32 Å². The molecular formula is C11H27O6PSi. The molecule has 0 saturated heterocycles. The highest BCUT2D eigenvalue weighted by molar-refractivity contribution is 7.48. The van der Waals surface area contributed by atoms with Gasteiger partial charge in [0.05, 0.1) is 19.3 Å². The smallest absolute Gasteiger partial charge is 0.409 e. The van der Waals surface area contributed by atoms with Crippen molar-refractivity contribution in [3.8, 4) is 0 Å². The molecule has 0 radical (unpaired) electrons. The third kappa shape index (κ3) is 6.04. The van der Waals surface area contributed by atoms with E-state index >= 15 is 0 Å². The number of rotatable bonds is 8. The maximum Gasteiger partial charge on any atom is 0.474 e. The molecule has 8 heteroatoms. The van der Waals surface area contributed by atoms with E-state index in [4.69, 9.17) is 8.95 Å². The third-order valence-corrected chi connectivity index (χ3v) is 9.23. The fourth-order valence-corrected chi connectivity index (χ4v) is 3.11. The Morgan fingerprint density at radius 3 is 2.00 bits per heavy atom. The summed E-state index contributed by atoms with van der Waals surface area (Å²) in [6.45, 7) is 10.2. The summed E-state index contributed by atoms with van der Waals surface area (Å²) in [5.74, 6) is 0. The zero-order valence-corrected chi connectivity index (χ0v) is 14.8. The highest BCUT2D eigenvalue weighted by Gasteiger charge is 2.39. The van der Waals surface area contributed by atoms with Crippen molar-refractivity contribution in [3.05, 3.63) is 0 Å². The number of phosphoric ester groups is 1. The number of phosphoric acid groups is 1. The summed E-state index contributed by atoms with van der Waals surface area (Å²) < 4.78 is 32.1. The van der Waals surface area contributed by atoms with Crippen LogP contribution in [0.15, 0.2) is 0 Å². The highest BCUT2D eigenvalue weighted by atomic mass is 31.2. The summed E-state index contributed by atoms with van der Waals surface area (Å²) in [6, 6.07) is 0. The minimum Gasteiger partial charge on any atom is -0.409 e. The maximum absolute atomic E-state index is 11.7. The van der Waals surface area contributed by atoms with Crippen molar-refractivity contribution >= 4 is 16.1 Å². The molecule has 0 aliphatic carbocycles. The van der Waals surface area contributed by atoms with E-state index in [1.54, 1.807) is 0 Å². The molecule has 116 valence electrons. The molecule has 0 spiro atoms. The summed E-state index contributed by atoms with van der Waals surface area (Å²) >= 11 is 0. The summed E-state index contributed by atoms with van der Waals surface area (Å²) in [6.07, 6.45) is -0.542. The van der Waals surface area contributed by atoms with Crippen molar-refractivity contribution in [1.29, 1.82) is 0 Å². The molecule has 0 aromatic heterocycles. The van der Waals surface area contributed by atoms with E-state index in [-0.39, 0.29) is 18.3 Å². The van der Waals surface area contributed by atoms with E-state index in [0.29, 0.717) is 0 Å². The van der Waals surface area contributed by atoms with Crippen LogP contribution >= 0.6 is 7.82 Å². The van der Waals surface area contributed by atoms with E-state index in [1.165, 1.54) is 14.2 Å². The van der Waals surface area contributed by atoms with Gasteiger partial charge in [-0.25, -0.2) is 4.57 Å². The van der Waals surface area contributed by atoms with Crippen LogP contribution in [0, 0.1) is 0 Å². The minimum absolute atomic E-state index is 0.0205. The number of hydrogen-bond donors (Lipinski definition) is 1. The Kier molecular flexibility index (Phi) is 7.41. The topological polar surface area (TPSA) is 74.2 Å². The van der Waals surface area contributed by atoms with Gasteiger partial charge in [-0.2, -0.15) is 0 Å². The van der Waals surface area contributed by atoms with Crippen LogP contribution < -0.4 is 0 Å². The van der Waals surface area contributed by atoms with Gasteiger partial charge >= 0.3 is 7.82 Å². The number of aliphatic hydroxyl groups is 1. The second-order valence-corrected chi connectivity index (χ2v) is 12.4. The van der Waals surface area contributed by atoms with Crippen LogP contribution in [0.25, 0.3) is 0 Å². The molecular weight excluding hydrogens is 287 g/mol. The first-order valence-electron chi connectivity index (χ1n) is 6.16. The molecule has 0 aromatic carbocycles. The quantitative estimate of drug-likeness (QED) is 0.548. The van der Waals surface area contributed by atoms with Gasteiger partial charge in [0.25, 0.3) is 0 Å². The van der Waals surface area contributed by atoms with Crippen molar-refractivity contribution in [2.24, 2.45) is 0 Å². The Bertz CT molecular complexity index is 307. The van der Waals surface area contributed by atoms with Crippen molar-refractivity contribution < 1.29 is 27.7 Å². The predicted molar refractivity (Wildman–Crippen MR) is 76.7 cm³/mol. The molecule has 0 heterocycles. The zero-order valence-electron chi connectivity index (χ0n) is 12.9. The van der Waals surface area contributed by atoms with Gasteiger partial charge < -0.3 is 9.53 Å². The summed E-state index contributed by atoms with van der Waals surface area (Å²) in [5, 5.41) is 9.36. The molecule has 6 nitrogen and oxygen atoms in total. The van der Waals surface area contributed by atoms with Gasteiger partial charge in [0.2, 0.25) is 0 Å². The molecule has 0 bridgehead atoms. The molecule has 1 atom stereocenters. The lowest BCUT2D eigenvalue weighted by Gasteiger charge is -2.38. The molecule has 0 aliphatic heterocycles. The first-order chi connectivity index (χ1) is 8.51. The van der Waals surface area contributed by atoms with Crippen LogP contribution in [0.5, 0.6) is 0 Å². The molecule has 0 saturated carbocycles. The standard InChI is InChI=1S/C11H27O6PSi/c1-11(2,3)19(6,7)17-10(8-12)9-16-18(13,14-4)15-5/h10,12H,8-9H2,1-7H3/t10-/m1/s1. The van der Waals surface area contributed by atoms with Crippen molar-refractivity contribution in [2.45, 2.75) is 45.0 Å². The van der Waals surface area contributed by atoms with Crippen LogP contribution in [0.4, 0.5) is 0 Å². The van der Waals surface area contributed by atoms with Crippen LogP contribution in [0.1, 0.15) is 20.8 Å². The van der Waals surface area contributed by atoms with E-state index in [9.17, 15) is 9.67 Å². The second-order valence-electron chi connectivity index (χ2n) is 5.79. The van der Waals surface area contributed by atoms with Crippen molar-refractivity contribution in [3.63, 3.8) is 0 Å². The monoisotopic (exact) mass is 314 g/mol. The molecule has 0 unspecified atom stereocenters. The van der Waals surface area contributed by atoms with Crippen molar-refractivity contribution in [2.75, 3.05) is 27.4 Å². The number of aliphatic hydroxyl groups excluding tert-OH is 1. The highest BCUT2D eigenvalue weighted by Crippen LogP contribution is 2.47. The Hall–Kier alpha value is 0.247. The lowest BCUT2D eigenvalue weighted by atomic mass is 10.2. The first-order valence-corrected chi connectivity index (χ1v) is 10.5.